The van der Waals surface area contributed by atoms with E-state index in [0.717, 1.165) is 6.42 Å². The zero-order chi connectivity index (χ0) is 17.6. The Hall–Kier alpha value is -2.69. The molecule has 3 rings (SSSR count). The number of benzene rings is 2. The summed E-state index contributed by atoms with van der Waals surface area (Å²) < 4.78 is 16.5. The van der Waals surface area contributed by atoms with Crippen molar-refractivity contribution in [2.75, 3.05) is 25.1 Å². The van der Waals surface area contributed by atoms with Crippen LogP contribution >= 0.6 is 0 Å². The summed E-state index contributed by atoms with van der Waals surface area (Å²) in [5.74, 6) is 2.33. The van der Waals surface area contributed by atoms with Gasteiger partial charge in [0.1, 0.15) is 19.0 Å². The number of amides is 1. The zero-order valence-corrected chi connectivity index (χ0v) is 14.6. The molecule has 1 N–H and O–H groups in total. The third-order valence-electron chi connectivity index (χ3n) is 4.26. The minimum atomic E-state index is -0.220. The molecule has 132 valence electrons. The second-order valence-corrected chi connectivity index (χ2v) is 6.07. The lowest BCUT2D eigenvalue weighted by atomic mass is 9.99. The number of carbonyl (C=O) groups is 1. The van der Waals surface area contributed by atoms with Gasteiger partial charge in [0.15, 0.2) is 18.1 Å². The van der Waals surface area contributed by atoms with Crippen molar-refractivity contribution >= 4 is 11.6 Å². The van der Waals surface area contributed by atoms with Gasteiger partial charge in [-0.2, -0.15) is 0 Å². The summed E-state index contributed by atoms with van der Waals surface area (Å²) in [7, 11) is 0. The van der Waals surface area contributed by atoms with Gasteiger partial charge in [-0.25, -0.2) is 0 Å². The number of nitrogens with one attached hydrogen (secondary N) is 1. The van der Waals surface area contributed by atoms with Crippen LogP contribution in [0.25, 0.3) is 0 Å². The summed E-state index contributed by atoms with van der Waals surface area (Å²) in [6.45, 7) is 5.37. The highest BCUT2D eigenvalue weighted by Crippen LogP contribution is 2.32. The largest absolute Gasteiger partial charge is 0.486 e. The van der Waals surface area contributed by atoms with E-state index in [1.807, 2.05) is 24.3 Å². The Morgan fingerprint density at radius 1 is 1.12 bits per heavy atom. The van der Waals surface area contributed by atoms with Gasteiger partial charge in [0.25, 0.3) is 5.91 Å². The Bertz CT molecular complexity index is 727. The first kappa shape index (κ1) is 17.1. The van der Waals surface area contributed by atoms with E-state index in [-0.39, 0.29) is 12.5 Å². The van der Waals surface area contributed by atoms with E-state index in [2.05, 4.69) is 19.2 Å². The fourth-order valence-electron chi connectivity index (χ4n) is 2.60. The van der Waals surface area contributed by atoms with Crippen LogP contribution in [0.2, 0.25) is 0 Å². The number of rotatable bonds is 6. The van der Waals surface area contributed by atoms with Gasteiger partial charge in [-0.15, -0.1) is 0 Å². The Morgan fingerprint density at radius 2 is 1.84 bits per heavy atom. The first-order valence-electron chi connectivity index (χ1n) is 8.58. The van der Waals surface area contributed by atoms with Gasteiger partial charge in [-0.3, -0.25) is 4.79 Å². The van der Waals surface area contributed by atoms with E-state index in [0.29, 0.717) is 42.1 Å². The SMILES string of the molecule is CCC(C)c1ccc(OCC(=O)Nc2ccc3c(c2)OCCO3)cc1. The van der Waals surface area contributed by atoms with Crippen LogP contribution in [-0.4, -0.2) is 25.7 Å². The second-order valence-electron chi connectivity index (χ2n) is 6.07. The normalized spacial score (nSPS) is 13.8. The molecule has 1 aliphatic rings. The van der Waals surface area contributed by atoms with Crippen LogP contribution in [-0.2, 0) is 4.79 Å². The molecule has 25 heavy (non-hydrogen) atoms. The monoisotopic (exact) mass is 341 g/mol. The third-order valence-corrected chi connectivity index (χ3v) is 4.26. The van der Waals surface area contributed by atoms with Gasteiger partial charge in [0, 0.05) is 11.8 Å². The van der Waals surface area contributed by atoms with E-state index in [1.54, 1.807) is 18.2 Å². The Balaban J connectivity index is 1.52. The first-order valence-corrected chi connectivity index (χ1v) is 8.58. The number of hydrogen-bond acceptors (Lipinski definition) is 4. The van der Waals surface area contributed by atoms with Crippen molar-refractivity contribution in [2.24, 2.45) is 0 Å². The molecule has 1 aliphatic heterocycles. The maximum Gasteiger partial charge on any atom is 0.262 e. The summed E-state index contributed by atoms with van der Waals surface area (Å²) in [6, 6.07) is 13.2. The van der Waals surface area contributed by atoms with E-state index in [9.17, 15) is 4.79 Å². The third kappa shape index (κ3) is 4.44. The number of ether oxygens (including phenoxy) is 3. The lowest BCUT2D eigenvalue weighted by molar-refractivity contribution is -0.118. The zero-order valence-electron chi connectivity index (χ0n) is 14.6. The molecule has 0 aromatic heterocycles. The van der Waals surface area contributed by atoms with Crippen molar-refractivity contribution in [2.45, 2.75) is 26.2 Å². The van der Waals surface area contributed by atoms with Gasteiger partial charge in [0.2, 0.25) is 0 Å². The summed E-state index contributed by atoms with van der Waals surface area (Å²) in [5.41, 5.74) is 1.93. The minimum Gasteiger partial charge on any atom is -0.486 e. The van der Waals surface area contributed by atoms with Gasteiger partial charge < -0.3 is 19.5 Å². The molecule has 1 heterocycles. The molecule has 2 aromatic rings. The second kappa shape index (κ2) is 7.92. The number of fused-ring (bicyclic) bond motifs is 1. The van der Waals surface area contributed by atoms with Crippen molar-refractivity contribution in [3.63, 3.8) is 0 Å². The Labute approximate surface area is 147 Å². The van der Waals surface area contributed by atoms with Crippen LogP contribution < -0.4 is 19.5 Å². The van der Waals surface area contributed by atoms with E-state index >= 15 is 0 Å². The molecule has 0 aliphatic carbocycles. The van der Waals surface area contributed by atoms with E-state index in [1.165, 1.54) is 5.56 Å². The summed E-state index contributed by atoms with van der Waals surface area (Å²) in [5, 5.41) is 2.80. The molecule has 1 unspecified atom stereocenters. The average Bonchev–Trinajstić information content (AvgIpc) is 2.66. The standard InChI is InChI=1S/C20H23NO4/c1-3-14(2)15-4-7-17(8-5-15)25-13-20(22)21-16-6-9-18-19(12-16)24-11-10-23-18/h4-9,12,14H,3,10-11,13H2,1-2H3,(H,21,22). The van der Waals surface area contributed by atoms with Crippen LogP contribution in [0, 0.1) is 0 Å². The molecule has 5 heteroatoms. The Morgan fingerprint density at radius 3 is 2.56 bits per heavy atom. The van der Waals surface area contributed by atoms with E-state index in [4.69, 9.17) is 14.2 Å². The maximum absolute atomic E-state index is 12.1. The highest BCUT2D eigenvalue weighted by atomic mass is 16.6. The van der Waals surface area contributed by atoms with Crippen molar-refractivity contribution in [3.05, 3.63) is 48.0 Å². The summed E-state index contributed by atoms with van der Waals surface area (Å²) in [4.78, 5) is 12.1. The van der Waals surface area contributed by atoms with Crippen molar-refractivity contribution in [1.29, 1.82) is 0 Å². The molecule has 1 atom stereocenters. The fourth-order valence-corrected chi connectivity index (χ4v) is 2.60. The fraction of sp³-hybridized carbons (Fsp3) is 0.350. The predicted molar refractivity (Wildman–Crippen MR) is 96.7 cm³/mol. The molecule has 0 spiro atoms. The quantitative estimate of drug-likeness (QED) is 0.863. The maximum atomic E-state index is 12.1. The number of anilines is 1. The molecule has 0 fully saturated rings. The predicted octanol–water partition coefficient (Wildman–Crippen LogP) is 3.99. The van der Waals surface area contributed by atoms with Gasteiger partial charge in [0.05, 0.1) is 0 Å². The minimum absolute atomic E-state index is 0.0445. The molecule has 0 bridgehead atoms. The van der Waals surface area contributed by atoms with Crippen molar-refractivity contribution in [3.8, 4) is 17.2 Å². The lowest BCUT2D eigenvalue weighted by Gasteiger charge is -2.19. The van der Waals surface area contributed by atoms with Crippen LogP contribution in [0.1, 0.15) is 31.7 Å². The molecule has 1 amide bonds. The molecule has 0 saturated carbocycles. The highest BCUT2D eigenvalue weighted by Gasteiger charge is 2.13. The molecule has 5 nitrogen and oxygen atoms in total. The first-order chi connectivity index (χ1) is 12.2. The van der Waals surface area contributed by atoms with Crippen molar-refractivity contribution < 1.29 is 19.0 Å². The van der Waals surface area contributed by atoms with Crippen LogP contribution in [0.4, 0.5) is 5.69 Å². The van der Waals surface area contributed by atoms with Gasteiger partial charge in [-0.1, -0.05) is 26.0 Å². The molecule has 0 saturated heterocycles. The van der Waals surface area contributed by atoms with Crippen LogP contribution in [0.3, 0.4) is 0 Å². The highest BCUT2D eigenvalue weighted by molar-refractivity contribution is 5.92. The van der Waals surface area contributed by atoms with Gasteiger partial charge in [-0.05, 0) is 42.2 Å². The Kier molecular flexibility index (Phi) is 5.43. The van der Waals surface area contributed by atoms with Crippen molar-refractivity contribution in [1.82, 2.24) is 0 Å². The van der Waals surface area contributed by atoms with Gasteiger partial charge >= 0.3 is 0 Å². The summed E-state index contributed by atoms with van der Waals surface area (Å²) in [6.07, 6.45) is 1.10. The molecule has 2 aromatic carbocycles. The smallest absolute Gasteiger partial charge is 0.262 e. The average molecular weight is 341 g/mol. The molecular weight excluding hydrogens is 318 g/mol. The molecule has 0 radical (unpaired) electrons. The number of carbonyl (C=O) groups excluding carboxylic acids is 1. The van der Waals surface area contributed by atoms with E-state index < -0.39 is 0 Å². The number of hydrogen-bond donors (Lipinski definition) is 1. The topological polar surface area (TPSA) is 56.8 Å². The lowest BCUT2D eigenvalue weighted by Crippen LogP contribution is -2.20. The van der Waals surface area contributed by atoms with Crippen LogP contribution in [0.15, 0.2) is 42.5 Å². The molecular formula is C20H23NO4. The summed E-state index contributed by atoms with van der Waals surface area (Å²) >= 11 is 0. The van der Waals surface area contributed by atoms with Crippen LogP contribution in [0.5, 0.6) is 17.2 Å².